The van der Waals surface area contributed by atoms with Crippen LogP contribution < -0.4 is 0 Å². The van der Waals surface area contributed by atoms with Gasteiger partial charge in [0.15, 0.2) is 0 Å². The van der Waals surface area contributed by atoms with Crippen LogP contribution in [0.25, 0.3) is 0 Å². The predicted molar refractivity (Wildman–Crippen MR) is 64.3 cm³/mol. The maximum absolute atomic E-state index is 10.5. The van der Waals surface area contributed by atoms with Gasteiger partial charge in [-0.3, -0.25) is 4.98 Å². The highest BCUT2D eigenvalue weighted by Crippen LogP contribution is 2.36. The lowest BCUT2D eigenvalue weighted by Gasteiger charge is -2.32. The predicted octanol–water partition coefficient (Wildman–Crippen LogP) is 1.11. The Morgan fingerprint density at radius 2 is 2.12 bits per heavy atom. The smallest absolute Gasteiger partial charge is 0.268 e. The third-order valence-corrected chi connectivity index (χ3v) is 3.44. The summed E-state index contributed by atoms with van der Waals surface area (Å²) in [6.07, 6.45) is 2.54. The van der Waals surface area contributed by atoms with Crippen molar-refractivity contribution < 1.29 is 10.2 Å². The first-order valence-electron chi connectivity index (χ1n) is 5.87. The van der Waals surface area contributed by atoms with Crippen LogP contribution >= 0.6 is 0 Å². The van der Waals surface area contributed by atoms with Gasteiger partial charge in [-0.2, -0.15) is 0 Å². The number of aromatic nitrogens is 1. The monoisotopic (exact) mass is 230 g/mol. The molecule has 1 fully saturated rings. The normalized spacial score (nSPS) is 18.8. The van der Waals surface area contributed by atoms with Crippen molar-refractivity contribution in [2.75, 3.05) is 0 Å². The Labute approximate surface area is 101 Å². The molecule has 5 heteroatoms. The second-order valence-electron chi connectivity index (χ2n) is 4.61. The average Bonchev–Trinajstić information content (AvgIpc) is 2.40. The third kappa shape index (κ3) is 2.49. The van der Waals surface area contributed by atoms with Crippen LogP contribution in [-0.4, -0.2) is 21.9 Å². The molecule has 1 aromatic rings. The molecule has 2 heterocycles. The minimum absolute atomic E-state index is 0.0521. The summed E-state index contributed by atoms with van der Waals surface area (Å²) >= 11 is 0. The summed E-state index contributed by atoms with van der Waals surface area (Å²) in [7, 11) is 0. The van der Waals surface area contributed by atoms with Crippen LogP contribution in [0.5, 0.6) is 0 Å². The van der Waals surface area contributed by atoms with Gasteiger partial charge in [0.1, 0.15) is 5.60 Å². The van der Waals surface area contributed by atoms with Crippen LogP contribution in [0.15, 0.2) is 18.2 Å². The van der Waals surface area contributed by atoms with Crippen LogP contribution in [0, 0.1) is 11.2 Å². The summed E-state index contributed by atoms with van der Waals surface area (Å²) in [5.74, 6) is 2.24. The molecule has 2 N–H and O–H groups in total. The molecule has 17 heavy (non-hydrogen) atoms. The minimum Gasteiger partial charge on any atom is -0.390 e. The summed E-state index contributed by atoms with van der Waals surface area (Å²) in [5, 5.41) is 28.4. The van der Waals surface area contributed by atoms with Gasteiger partial charge in [0.2, 0.25) is 0 Å². The minimum atomic E-state index is -0.932. The van der Waals surface area contributed by atoms with Gasteiger partial charge in [-0.1, -0.05) is 18.7 Å². The largest absolute Gasteiger partial charge is 0.390 e. The van der Waals surface area contributed by atoms with Gasteiger partial charge >= 0.3 is 0 Å². The highest BCUT2D eigenvalue weighted by atomic mass is 16.3. The molecule has 2 rings (SSSR count). The van der Waals surface area contributed by atoms with Crippen molar-refractivity contribution in [3.8, 4) is 5.97 Å². The quantitative estimate of drug-likeness (QED) is 0.746. The first kappa shape index (κ1) is 12.1. The van der Waals surface area contributed by atoms with Crippen molar-refractivity contribution in [3.05, 3.63) is 29.6 Å². The topological polar surface area (TPSA) is 77.1 Å². The van der Waals surface area contributed by atoms with Gasteiger partial charge < -0.3 is 10.2 Å². The van der Waals surface area contributed by atoms with Crippen molar-refractivity contribution in [1.82, 2.24) is 4.98 Å². The highest BCUT2D eigenvalue weighted by Gasteiger charge is 2.37. The van der Waals surface area contributed by atoms with Gasteiger partial charge in [-0.25, -0.2) is 5.26 Å². The molecule has 1 aliphatic heterocycles. The molecule has 1 aromatic heterocycles. The molecule has 1 aliphatic rings. The van der Waals surface area contributed by atoms with E-state index >= 15 is 0 Å². The highest BCUT2D eigenvalue weighted by molar-refractivity contribution is 6.67. The lowest BCUT2D eigenvalue weighted by atomic mass is 9.41. The Morgan fingerprint density at radius 1 is 1.41 bits per heavy atom. The standard InChI is InChI=1S/C12H15BN2O2/c14-9-13-6-4-12(17,5-7-13)11-3-1-2-10(8-16)15-11/h1-3,16-17H,4-8H2. The number of aliphatic hydroxyl groups is 2. The molecule has 0 radical (unpaired) electrons. The van der Waals surface area contributed by atoms with Crippen LogP contribution in [0.3, 0.4) is 0 Å². The zero-order valence-corrected chi connectivity index (χ0v) is 9.63. The van der Waals surface area contributed by atoms with E-state index in [2.05, 4.69) is 11.0 Å². The summed E-state index contributed by atoms with van der Waals surface area (Å²) in [5.41, 5.74) is 0.247. The van der Waals surface area contributed by atoms with Gasteiger partial charge in [0.05, 0.1) is 18.0 Å². The fraction of sp³-hybridized carbons (Fsp3) is 0.500. The Balaban J connectivity index is 2.18. The zero-order valence-electron chi connectivity index (χ0n) is 9.63. The van der Waals surface area contributed by atoms with Crippen molar-refractivity contribution in [1.29, 1.82) is 5.26 Å². The molecule has 0 saturated carbocycles. The molecule has 0 bridgehead atoms. The summed E-state index contributed by atoms with van der Waals surface area (Å²) < 4.78 is 0. The molecular weight excluding hydrogens is 215 g/mol. The molecule has 0 aliphatic carbocycles. The maximum atomic E-state index is 10.5. The second kappa shape index (κ2) is 4.86. The number of nitriles is 1. The molecule has 4 nitrogen and oxygen atoms in total. The van der Waals surface area contributed by atoms with Crippen molar-refractivity contribution in [3.63, 3.8) is 0 Å². The third-order valence-electron chi connectivity index (χ3n) is 3.44. The average molecular weight is 230 g/mol. The van der Waals surface area contributed by atoms with Crippen LogP contribution in [0.4, 0.5) is 0 Å². The second-order valence-corrected chi connectivity index (χ2v) is 4.61. The van der Waals surface area contributed by atoms with E-state index in [4.69, 9.17) is 10.4 Å². The number of nitrogens with zero attached hydrogens (tertiary/aromatic N) is 2. The van der Waals surface area contributed by atoms with E-state index in [9.17, 15) is 5.11 Å². The zero-order chi connectivity index (χ0) is 12.3. The van der Waals surface area contributed by atoms with E-state index in [1.165, 1.54) is 0 Å². The SMILES string of the molecule is N#CB1CCC(O)(c2cccc(CO)n2)CC1. The fourth-order valence-corrected chi connectivity index (χ4v) is 2.31. The van der Waals surface area contributed by atoms with E-state index in [-0.39, 0.29) is 13.3 Å². The molecule has 0 unspecified atom stereocenters. The molecule has 0 atom stereocenters. The molecular formula is C12H15BN2O2. The number of aliphatic hydroxyl groups excluding tert-OH is 1. The molecule has 0 amide bonds. The van der Waals surface area contributed by atoms with Gasteiger partial charge in [-0.05, 0) is 25.0 Å². The van der Waals surface area contributed by atoms with Crippen LogP contribution in [0.1, 0.15) is 24.2 Å². The van der Waals surface area contributed by atoms with Crippen LogP contribution in [-0.2, 0) is 12.2 Å². The Hall–Kier alpha value is -1.38. The van der Waals surface area contributed by atoms with Crippen molar-refractivity contribution in [2.45, 2.75) is 37.7 Å². The summed E-state index contributed by atoms with van der Waals surface area (Å²) in [6.45, 7) is -0.0682. The molecule has 88 valence electrons. The van der Waals surface area contributed by atoms with Crippen molar-refractivity contribution in [2.24, 2.45) is 0 Å². The van der Waals surface area contributed by atoms with E-state index in [1.807, 2.05) is 0 Å². The number of pyridine rings is 1. The Bertz CT molecular complexity index is 436. The number of hydrogen-bond acceptors (Lipinski definition) is 4. The van der Waals surface area contributed by atoms with Crippen molar-refractivity contribution >= 4 is 6.71 Å². The lowest BCUT2D eigenvalue weighted by molar-refractivity contribution is 0.0192. The summed E-state index contributed by atoms with van der Waals surface area (Å²) in [6, 6.07) is 5.31. The number of hydrogen-bond donors (Lipinski definition) is 2. The Kier molecular flexibility index (Phi) is 3.46. The van der Waals surface area contributed by atoms with Gasteiger partial charge in [0.25, 0.3) is 6.71 Å². The lowest BCUT2D eigenvalue weighted by Crippen LogP contribution is -2.34. The van der Waals surface area contributed by atoms with E-state index < -0.39 is 5.60 Å². The summed E-state index contributed by atoms with van der Waals surface area (Å²) in [4.78, 5) is 4.25. The van der Waals surface area contributed by atoms with E-state index in [1.54, 1.807) is 18.2 Å². The first-order chi connectivity index (χ1) is 8.18. The Morgan fingerprint density at radius 3 is 2.71 bits per heavy atom. The fourth-order valence-electron chi connectivity index (χ4n) is 2.31. The van der Waals surface area contributed by atoms with Gasteiger partial charge in [0, 0.05) is 5.97 Å². The van der Waals surface area contributed by atoms with E-state index in [0.717, 1.165) is 0 Å². The maximum Gasteiger partial charge on any atom is 0.268 e. The molecule has 1 saturated heterocycles. The number of rotatable bonds is 2. The first-order valence-corrected chi connectivity index (χ1v) is 5.87. The van der Waals surface area contributed by atoms with E-state index in [0.29, 0.717) is 36.9 Å². The van der Waals surface area contributed by atoms with Crippen LogP contribution in [0.2, 0.25) is 12.6 Å². The van der Waals surface area contributed by atoms with Gasteiger partial charge in [-0.15, -0.1) is 0 Å². The molecule has 0 spiro atoms. The molecule has 0 aromatic carbocycles.